The lowest BCUT2D eigenvalue weighted by Crippen LogP contribution is -2.44. The first kappa shape index (κ1) is 30.0. The third-order valence-electron chi connectivity index (χ3n) is 8.18. The van der Waals surface area contributed by atoms with Crippen molar-refractivity contribution in [2.75, 3.05) is 55.4 Å². The van der Waals surface area contributed by atoms with Crippen LogP contribution in [-0.2, 0) is 0 Å². The van der Waals surface area contributed by atoms with Crippen LogP contribution in [0, 0.1) is 11.8 Å². The van der Waals surface area contributed by atoms with E-state index in [9.17, 15) is 9.59 Å². The number of aromatic amines is 1. The van der Waals surface area contributed by atoms with Gasteiger partial charge in [0.15, 0.2) is 0 Å². The lowest BCUT2D eigenvalue weighted by molar-refractivity contribution is 0.183. The average molecular weight is 569 g/mol. The van der Waals surface area contributed by atoms with E-state index >= 15 is 0 Å². The summed E-state index contributed by atoms with van der Waals surface area (Å²) in [6, 6.07) is 7.13. The second kappa shape index (κ2) is 14.1. The number of allylic oxidation sites excluding steroid dienone is 1. The van der Waals surface area contributed by atoms with Gasteiger partial charge >= 0.3 is 6.03 Å². The van der Waals surface area contributed by atoms with Gasteiger partial charge in [0.05, 0.1) is 5.69 Å². The number of hydrogen-bond acceptors (Lipinski definition) is 5. The van der Waals surface area contributed by atoms with Gasteiger partial charge in [-0.2, -0.15) is 0 Å². The molecule has 218 valence electrons. The normalized spacial score (nSPS) is 16.6. The summed E-state index contributed by atoms with van der Waals surface area (Å²) in [6.45, 7) is 9.48. The number of H-pyrrole nitrogens is 1. The van der Waals surface area contributed by atoms with E-state index in [1.165, 1.54) is 32.1 Å². The summed E-state index contributed by atoms with van der Waals surface area (Å²) >= 11 is 6.07. The molecule has 4 rings (SSSR count). The van der Waals surface area contributed by atoms with Gasteiger partial charge in [-0.15, -0.1) is 0 Å². The maximum Gasteiger partial charge on any atom is 0.321 e. The Hall–Kier alpha value is -3.00. The number of piperidine rings is 1. The Morgan fingerprint density at radius 3 is 2.42 bits per heavy atom. The van der Waals surface area contributed by atoms with Gasteiger partial charge in [0.25, 0.3) is 5.56 Å². The van der Waals surface area contributed by atoms with Crippen molar-refractivity contribution >= 4 is 40.5 Å². The van der Waals surface area contributed by atoms with Crippen LogP contribution in [0.2, 0.25) is 5.02 Å². The highest BCUT2D eigenvalue weighted by Gasteiger charge is 2.28. The van der Waals surface area contributed by atoms with Gasteiger partial charge in [-0.05, 0) is 67.7 Å². The van der Waals surface area contributed by atoms with Crippen LogP contribution in [0.1, 0.15) is 70.4 Å². The molecule has 9 heteroatoms. The van der Waals surface area contributed by atoms with Crippen LogP contribution in [0.15, 0.2) is 35.6 Å². The molecule has 2 aromatic rings. The molecule has 2 heterocycles. The van der Waals surface area contributed by atoms with E-state index in [2.05, 4.69) is 28.7 Å². The molecule has 1 saturated heterocycles. The van der Waals surface area contributed by atoms with Crippen LogP contribution in [0.25, 0.3) is 5.57 Å². The standard InChI is InChI=1S/C31H45ClN6O2/c1-5-10-22(2)27-28(36(3)4)29(39)35-30(34-27)38(20-23-11-7-6-8-12-23)21-24-15-17-37(18-16-24)31(40)33-26-14-9-13-25(32)19-26/h9,13-14,19,23-24H,2,5-8,10-12,15-18,20-21H2,1,3-4H3,(H,33,40)(H,34,35,39). The van der Waals surface area contributed by atoms with E-state index in [4.69, 9.17) is 16.6 Å². The van der Waals surface area contributed by atoms with E-state index in [-0.39, 0.29) is 11.6 Å². The van der Waals surface area contributed by atoms with Crippen molar-refractivity contribution in [3.05, 3.63) is 51.9 Å². The number of aromatic nitrogens is 2. The Morgan fingerprint density at radius 2 is 1.80 bits per heavy atom. The number of carbonyl (C=O) groups excluding carboxylic acids is 1. The number of benzene rings is 1. The Morgan fingerprint density at radius 1 is 1.12 bits per heavy atom. The molecule has 0 atom stereocenters. The van der Waals surface area contributed by atoms with Gasteiger partial charge in [-0.3, -0.25) is 9.78 Å². The van der Waals surface area contributed by atoms with Gasteiger partial charge < -0.3 is 20.0 Å². The second-order valence-electron chi connectivity index (χ2n) is 11.6. The Balaban J connectivity index is 1.49. The molecule has 2 N–H and O–H groups in total. The first-order valence-electron chi connectivity index (χ1n) is 14.8. The maximum absolute atomic E-state index is 13.3. The molecule has 2 aliphatic rings. The summed E-state index contributed by atoms with van der Waals surface area (Å²) in [5, 5.41) is 3.56. The van der Waals surface area contributed by atoms with Gasteiger partial charge in [-0.1, -0.05) is 56.9 Å². The highest BCUT2D eigenvalue weighted by Crippen LogP contribution is 2.30. The summed E-state index contributed by atoms with van der Waals surface area (Å²) in [5.41, 5.74) is 2.75. The molecule has 0 unspecified atom stereocenters. The molecule has 1 aromatic heterocycles. The first-order valence-corrected chi connectivity index (χ1v) is 15.2. The van der Waals surface area contributed by atoms with Crippen molar-refractivity contribution in [3.8, 4) is 0 Å². The summed E-state index contributed by atoms with van der Waals surface area (Å²) in [7, 11) is 3.76. The van der Waals surface area contributed by atoms with Crippen molar-refractivity contribution in [2.24, 2.45) is 11.8 Å². The largest absolute Gasteiger partial charge is 0.371 e. The molecule has 8 nitrogen and oxygen atoms in total. The van der Waals surface area contributed by atoms with Crippen molar-refractivity contribution in [2.45, 2.75) is 64.7 Å². The third-order valence-corrected chi connectivity index (χ3v) is 8.41. The van der Waals surface area contributed by atoms with Gasteiger partial charge in [-0.25, -0.2) is 9.78 Å². The third kappa shape index (κ3) is 7.80. The quantitative estimate of drug-likeness (QED) is 0.336. The Labute approximate surface area is 243 Å². The minimum Gasteiger partial charge on any atom is -0.371 e. The lowest BCUT2D eigenvalue weighted by Gasteiger charge is -2.37. The fourth-order valence-corrected chi connectivity index (χ4v) is 6.20. The zero-order chi connectivity index (χ0) is 28.6. The maximum atomic E-state index is 13.3. The highest BCUT2D eigenvalue weighted by atomic mass is 35.5. The number of likely N-dealkylation sites (tertiary alicyclic amines) is 1. The van der Waals surface area contributed by atoms with Gasteiger partial charge in [0.2, 0.25) is 5.95 Å². The molecule has 1 saturated carbocycles. The van der Waals surface area contributed by atoms with Crippen LogP contribution >= 0.6 is 11.6 Å². The molecule has 0 radical (unpaired) electrons. The zero-order valence-electron chi connectivity index (χ0n) is 24.3. The summed E-state index contributed by atoms with van der Waals surface area (Å²) in [4.78, 5) is 40.4. The molecular formula is C31H45ClN6O2. The van der Waals surface area contributed by atoms with Crippen LogP contribution in [0.5, 0.6) is 0 Å². The van der Waals surface area contributed by atoms with E-state index in [0.29, 0.717) is 53.0 Å². The predicted molar refractivity (Wildman–Crippen MR) is 167 cm³/mol. The lowest BCUT2D eigenvalue weighted by atomic mass is 9.88. The van der Waals surface area contributed by atoms with Crippen molar-refractivity contribution in [1.29, 1.82) is 0 Å². The van der Waals surface area contributed by atoms with Crippen LogP contribution in [-0.4, -0.2) is 61.2 Å². The Bertz CT molecular complexity index is 1210. The fourth-order valence-electron chi connectivity index (χ4n) is 6.01. The van der Waals surface area contributed by atoms with Crippen LogP contribution in [0.4, 0.5) is 22.1 Å². The number of halogens is 1. The first-order chi connectivity index (χ1) is 19.2. The molecular weight excluding hydrogens is 524 g/mol. The molecule has 1 aromatic carbocycles. The second-order valence-corrected chi connectivity index (χ2v) is 12.1. The summed E-state index contributed by atoms with van der Waals surface area (Å²) in [6.07, 6.45) is 9.82. The monoisotopic (exact) mass is 568 g/mol. The van der Waals surface area contributed by atoms with Crippen molar-refractivity contribution in [1.82, 2.24) is 14.9 Å². The highest BCUT2D eigenvalue weighted by molar-refractivity contribution is 6.30. The molecule has 0 bridgehead atoms. The van der Waals surface area contributed by atoms with E-state index in [0.717, 1.165) is 44.3 Å². The Kier molecular flexibility index (Phi) is 10.5. The van der Waals surface area contributed by atoms with Crippen LogP contribution in [0.3, 0.4) is 0 Å². The summed E-state index contributed by atoms with van der Waals surface area (Å²) < 4.78 is 0. The molecule has 2 amide bonds. The molecule has 0 spiro atoms. The predicted octanol–water partition coefficient (Wildman–Crippen LogP) is 6.63. The van der Waals surface area contributed by atoms with Crippen molar-refractivity contribution < 1.29 is 4.79 Å². The van der Waals surface area contributed by atoms with E-state index in [1.54, 1.807) is 12.1 Å². The number of urea groups is 1. The molecule has 40 heavy (non-hydrogen) atoms. The molecule has 1 aliphatic carbocycles. The van der Waals surface area contributed by atoms with Crippen LogP contribution < -0.4 is 20.7 Å². The number of anilines is 3. The number of hydrogen-bond donors (Lipinski definition) is 2. The van der Waals surface area contributed by atoms with Gasteiger partial charge in [0, 0.05) is 51.0 Å². The minimum absolute atomic E-state index is 0.0934. The van der Waals surface area contributed by atoms with Crippen molar-refractivity contribution in [3.63, 3.8) is 0 Å². The number of carbonyl (C=O) groups is 1. The number of nitrogens with zero attached hydrogens (tertiary/aromatic N) is 4. The smallest absolute Gasteiger partial charge is 0.321 e. The number of rotatable bonds is 10. The SMILES string of the molecule is C=C(CCC)c1nc(N(CC2CCCCC2)CC2CCN(C(=O)Nc3cccc(Cl)c3)CC2)[nH]c(=O)c1N(C)C. The fraction of sp³-hybridized carbons (Fsp3) is 0.581. The van der Waals surface area contributed by atoms with Gasteiger partial charge in [0.1, 0.15) is 5.69 Å². The summed E-state index contributed by atoms with van der Waals surface area (Å²) in [5.74, 6) is 1.65. The zero-order valence-corrected chi connectivity index (χ0v) is 25.1. The minimum atomic E-state index is -0.122. The number of nitrogens with one attached hydrogen (secondary N) is 2. The molecule has 2 fully saturated rings. The molecule has 1 aliphatic heterocycles. The van der Waals surface area contributed by atoms with E-state index < -0.39 is 0 Å². The number of amides is 2. The van der Waals surface area contributed by atoms with E-state index in [1.807, 2.05) is 36.0 Å². The topological polar surface area (TPSA) is 84.6 Å². The average Bonchev–Trinajstić information content (AvgIpc) is 2.93.